The zero-order valence-electron chi connectivity index (χ0n) is 20.6. The van der Waals surface area contributed by atoms with E-state index >= 15 is 0 Å². The molecule has 1 saturated heterocycles. The van der Waals surface area contributed by atoms with Crippen LogP contribution in [0.15, 0.2) is 65.1 Å². The summed E-state index contributed by atoms with van der Waals surface area (Å²) in [6.45, 7) is 10.4. The first kappa shape index (κ1) is 21.7. The Kier molecular flexibility index (Phi) is 4.70. The molecule has 170 valence electrons. The van der Waals surface area contributed by atoms with Gasteiger partial charge in [-0.3, -0.25) is 0 Å². The molecule has 0 spiro atoms. The van der Waals surface area contributed by atoms with Crippen LogP contribution in [-0.4, -0.2) is 32.3 Å². The van der Waals surface area contributed by atoms with Gasteiger partial charge in [0.2, 0.25) is 0 Å². The molecule has 4 nitrogen and oxygen atoms in total. The summed E-state index contributed by atoms with van der Waals surface area (Å²) in [6.07, 6.45) is 0. The zero-order valence-corrected chi connectivity index (χ0v) is 20.6. The third-order valence-electron chi connectivity index (χ3n) is 7.84. The van der Waals surface area contributed by atoms with Crippen LogP contribution in [0.2, 0.25) is 6.82 Å². The second-order valence-corrected chi connectivity index (χ2v) is 10.4. The lowest BCUT2D eigenvalue weighted by Gasteiger charge is -2.32. The molecule has 1 aliphatic heterocycles. The number of fused-ring (bicyclic) bond motifs is 8. The minimum atomic E-state index is -0.414. The van der Waals surface area contributed by atoms with E-state index in [-0.39, 0.29) is 18.1 Å². The molecular weight excluding hydrogens is 422 g/mol. The van der Waals surface area contributed by atoms with Crippen molar-refractivity contribution in [2.75, 3.05) is 7.11 Å². The fraction of sp³-hybridized carbons (Fsp3) is 0.286. The summed E-state index contributed by atoms with van der Waals surface area (Å²) in [6, 6.07) is 21.3. The van der Waals surface area contributed by atoms with E-state index in [4.69, 9.17) is 18.4 Å². The molecule has 6 rings (SSSR count). The Labute approximate surface area is 200 Å². The number of furan rings is 1. The van der Waals surface area contributed by atoms with Crippen LogP contribution in [0.3, 0.4) is 0 Å². The monoisotopic (exact) mass is 450 g/mol. The predicted octanol–water partition coefficient (Wildman–Crippen LogP) is 5.67. The molecule has 1 aromatic heterocycles. The van der Waals surface area contributed by atoms with Crippen LogP contribution in [0.1, 0.15) is 27.7 Å². The maximum absolute atomic E-state index is 6.47. The van der Waals surface area contributed by atoms with Gasteiger partial charge < -0.3 is 18.4 Å². The fourth-order valence-electron chi connectivity index (χ4n) is 5.01. The van der Waals surface area contributed by atoms with E-state index in [1.54, 1.807) is 7.11 Å². The van der Waals surface area contributed by atoms with Crippen LogP contribution >= 0.6 is 0 Å². The molecule has 2 heterocycles. The Morgan fingerprint density at radius 2 is 1.44 bits per heavy atom. The molecular formula is C28H28B2O4. The highest BCUT2D eigenvalue weighted by atomic mass is 16.7. The molecule has 0 radical (unpaired) electrons. The normalized spacial score (nSPS) is 17.4. The van der Waals surface area contributed by atoms with E-state index in [2.05, 4.69) is 83.0 Å². The Balaban J connectivity index is 1.67. The summed E-state index contributed by atoms with van der Waals surface area (Å²) in [7, 11) is 1.33. The second kappa shape index (κ2) is 7.35. The summed E-state index contributed by atoms with van der Waals surface area (Å²) in [5.41, 5.74) is 3.16. The molecule has 6 heteroatoms. The van der Waals surface area contributed by atoms with Crippen molar-refractivity contribution in [3.63, 3.8) is 0 Å². The Morgan fingerprint density at radius 3 is 2.18 bits per heavy atom. The van der Waals surface area contributed by atoms with Crippen molar-refractivity contribution >= 4 is 68.4 Å². The van der Waals surface area contributed by atoms with E-state index in [0.717, 1.165) is 49.0 Å². The Morgan fingerprint density at radius 1 is 0.765 bits per heavy atom. The smallest absolute Gasteiger partial charge is 0.455 e. The van der Waals surface area contributed by atoms with Gasteiger partial charge in [0.1, 0.15) is 11.2 Å². The molecule has 0 aliphatic carbocycles. The lowest BCUT2D eigenvalue weighted by atomic mass is 9.63. The third kappa shape index (κ3) is 3.06. The van der Waals surface area contributed by atoms with Gasteiger partial charge >= 0.3 is 14.0 Å². The van der Waals surface area contributed by atoms with Crippen LogP contribution in [0.4, 0.5) is 0 Å². The van der Waals surface area contributed by atoms with Crippen molar-refractivity contribution in [1.29, 1.82) is 0 Å². The van der Waals surface area contributed by atoms with Crippen molar-refractivity contribution in [2.45, 2.75) is 45.7 Å². The summed E-state index contributed by atoms with van der Waals surface area (Å²) < 4.78 is 24.8. The summed E-state index contributed by atoms with van der Waals surface area (Å²) in [4.78, 5) is 0. The number of benzene rings is 4. The van der Waals surface area contributed by atoms with Gasteiger partial charge in [-0.2, -0.15) is 0 Å². The van der Waals surface area contributed by atoms with Crippen LogP contribution in [0.5, 0.6) is 0 Å². The van der Waals surface area contributed by atoms with Gasteiger partial charge in [-0.05, 0) is 60.8 Å². The van der Waals surface area contributed by atoms with Gasteiger partial charge in [-0.1, -0.05) is 61.4 Å². The molecule has 1 fully saturated rings. The summed E-state index contributed by atoms with van der Waals surface area (Å²) in [5, 5.41) is 6.83. The van der Waals surface area contributed by atoms with Crippen LogP contribution in [-0.2, 0) is 14.0 Å². The lowest BCUT2D eigenvalue weighted by molar-refractivity contribution is 0.00578. The van der Waals surface area contributed by atoms with Crippen molar-refractivity contribution in [3.05, 3.63) is 60.7 Å². The van der Waals surface area contributed by atoms with Crippen molar-refractivity contribution in [2.24, 2.45) is 0 Å². The zero-order chi connectivity index (χ0) is 23.8. The summed E-state index contributed by atoms with van der Waals surface area (Å²) in [5.74, 6) is 0. The molecule has 4 aromatic carbocycles. The molecule has 0 unspecified atom stereocenters. The fourth-order valence-corrected chi connectivity index (χ4v) is 5.01. The minimum Gasteiger partial charge on any atom is -0.455 e. The Bertz CT molecular complexity index is 1570. The van der Waals surface area contributed by atoms with E-state index in [9.17, 15) is 0 Å². The standard InChI is InChI=1S/C28H28B2O4/c1-27(2)28(3,4)34-30(33-27)18-12-14-19-20-13-11-17(29(5)31-6)15-23(20)26-25(22(19)16-18)21-9-7-8-10-24(21)32-26/h7-16H,1-6H3. The van der Waals surface area contributed by atoms with Crippen LogP contribution < -0.4 is 10.9 Å². The van der Waals surface area contributed by atoms with E-state index in [0.29, 0.717) is 0 Å². The number of hydrogen-bond acceptors (Lipinski definition) is 4. The average molecular weight is 450 g/mol. The third-order valence-corrected chi connectivity index (χ3v) is 7.84. The molecule has 0 amide bonds. The van der Waals surface area contributed by atoms with E-state index in [1.807, 2.05) is 12.1 Å². The summed E-state index contributed by atoms with van der Waals surface area (Å²) >= 11 is 0. The van der Waals surface area contributed by atoms with Crippen LogP contribution in [0, 0.1) is 0 Å². The highest BCUT2D eigenvalue weighted by Crippen LogP contribution is 2.41. The molecule has 5 aromatic rings. The van der Waals surface area contributed by atoms with Gasteiger partial charge in [-0.15, -0.1) is 0 Å². The highest BCUT2D eigenvalue weighted by molar-refractivity contribution is 6.66. The number of rotatable bonds is 3. The largest absolute Gasteiger partial charge is 0.494 e. The molecule has 0 saturated carbocycles. The SMILES string of the molecule is COB(C)c1ccc2c3ccc(B4OC(C)(C)C(C)(C)O4)cc3c3c4ccccc4oc3c2c1. The topological polar surface area (TPSA) is 40.8 Å². The molecule has 34 heavy (non-hydrogen) atoms. The highest BCUT2D eigenvalue weighted by Gasteiger charge is 2.51. The quantitative estimate of drug-likeness (QED) is 0.263. The van der Waals surface area contributed by atoms with Crippen LogP contribution in [0.25, 0.3) is 43.5 Å². The minimum absolute atomic E-state index is 0.00488. The lowest BCUT2D eigenvalue weighted by Crippen LogP contribution is -2.41. The molecule has 0 N–H and O–H groups in total. The van der Waals surface area contributed by atoms with Gasteiger partial charge in [0.05, 0.1) is 11.2 Å². The first-order valence-electron chi connectivity index (χ1n) is 11.9. The van der Waals surface area contributed by atoms with E-state index in [1.165, 1.54) is 5.39 Å². The maximum Gasteiger partial charge on any atom is 0.494 e. The van der Waals surface area contributed by atoms with Crippen molar-refractivity contribution in [3.8, 4) is 0 Å². The number of hydrogen-bond donors (Lipinski definition) is 0. The number of para-hydroxylation sites is 1. The van der Waals surface area contributed by atoms with Crippen molar-refractivity contribution < 1.29 is 18.4 Å². The molecule has 0 atom stereocenters. The van der Waals surface area contributed by atoms with Crippen molar-refractivity contribution in [1.82, 2.24) is 0 Å². The first-order valence-corrected chi connectivity index (χ1v) is 11.9. The first-order chi connectivity index (χ1) is 16.2. The van der Waals surface area contributed by atoms with E-state index < -0.39 is 7.12 Å². The van der Waals surface area contributed by atoms with Gasteiger partial charge in [0, 0.05) is 23.3 Å². The molecule has 0 bridgehead atoms. The molecule has 1 aliphatic rings. The van der Waals surface area contributed by atoms with Gasteiger partial charge in [0.25, 0.3) is 0 Å². The Hall–Kier alpha value is -2.79. The van der Waals surface area contributed by atoms with Gasteiger partial charge in [0.15, 0.2) is 0 Å². The van der Waals surface area contributed by atoms with Gasteiger partial charge in [-0.25, -0.2) is 0 Å². The predicted molar refractivity (Wildman–Crippen MR) is 143 cm³/mol. The average Bonchev–Trinajstić information content (AvgIpc) is 3.32. The maximum atomic E-state index is 6.47. The second-order valence-electron chi connectivity index (χ2n) is 10.4.